The molecule has 0 saturated carbocycles. The van der Waals surface area contributed by atoms with Crippen LogP contribution in [0.15, 0.2) is 39.9 Å². The Hall–Kier alpha value is -2.04. The number of hydrogen-bond donors (Lipinski definition) is 1. The Morgan fingerprint density at radius 1 is 0.760 bits per heavy atom. The maximum atomic E-state index is 12.0. The predicted octanol–water partition coefficient (Wildman–Crippen LogP) is 4.25. The fourth-order valence-electron chi connectivity index (χ4n) is 3.19. The lowest BCUT2D eigenvalue weighted by atomic mass is 10.1. The van der Waals surface area contributed by atoms with Gasteiger partial charge < -0.3 is 0 Å². The molecule has 2 aromatic rings. The summed E-state index contributed by atoms with van der Waals surface area (Å²) in [6, 6.07) is 9.30. The molecule has 0 fully saturated rings. The lowest BCUT2D eigenvalue weighted by Gasteiger charge is -2.09. The van der Waals surface area contributed by atoms with Crippen LogP contribution in [0.3, 0.4) is 0 Å². The Kier molecular flexibility index (Phi) is 8.29. The van der Waals surface area contributed by atoms with E-state index in [1.807, 2.05) is 30.3 Å². The minimum atomic E-state index is -0.372. The van der Waals surface area contributed by atoms with E-state index in [9.17, 15) is 9.59 Å². The molecule has 0 amide bonds. The van der Waals surface area contributed by atoms with Crippen molar-refractivity contribution in [3.8, 4) is 5.69 Å². The van der Waals surface area contributed by atoms with E-state index >= 15 is 0 Å². The van der Waals surface area contributed by atoms with Gasteiger partial charge in [0.2, 0.25) is 0 Å². The van der Waals surface area contributed by atoms with Gasteiger partial charge >= 0.3 is 11.4 Å². The van der Waals surface area contributed by atoms with Crippen LogP contribution in [0.5, 0.6) is 0 Å². The van der Waals surface area contributed by atoms with Crippen molar-refractivity contribution >= 4 is 0 Å². The quantitative estimate of drug-likeness (QED) is 0.585. The number of aromatic nitrogens is 3. The van der Waals surface area contributed by atoms with Gasteiger partial charge in [0.15, 0.2) is 0 Å². The fraction of sp³-hybridized carbons (Fsp3) is 0.600. The van der Waals surface area contributed by atoms with Gasteiger partial charge in [-0.25, -0.2) is 14.3 Å². The summed E-state index contributed by atoms with van der Waals surface area (Å²) in [6.07, 6.45) is 12.5. The van der Waals surface area contributed by atoms with E-state index in [-0.39, 0.29) is 11.4 Å². The number of para-hydroxylation sites is 1. The van der Waals surface area contributed by atoms with Gasteiger partial charge in [-0.3, -0.25) is 4.98 Å². The van der Waals surface area contributed by atoms with Crippen molar-refractivity contribution in [2.45, 2.75) is 77.7 Å². The van der Waals surface area contributed by atoms with Gasteiger partial charge in [0.1, 0.15) is 0 Å². The Labute approximate surface area is 149 Å². The van der Waals surface area contributed by atoms with E-state index < -0.39 is 0 Å². The van der Waals surface area contributed by atoms with Gasteiger partial charge in [0, 0.05) is 6.54 Å². The normalized spacial score (nSPS) is 11.1. The summed E-state index contributed by atoms with van der Waals surface area (Å²) in [7, 11) is 0. The minimum absolute atomic E-state index is 0.329. The number of benzene rings is 1. The summed E-state index contributed by atoms with van der Waals surface area (Å²) in [5.41, 5.74) is 0.0194. The number of nitrogens with one attached hydrogen (secondary N) is 1. The standard InChI is InChI=1S/C20H31N3O2/c1-2-3-4-5-6-7-8-9-10-14-17-22-19(24)21-20(25)23(22)18-15-12-11-13-16-18/h11-13,15-16H,2-10,14,17H2,1H3,(H,21,24,25). The second kappa shape index (κ2) is 10.7. The molecule has 0 saturated heterocycles. The third kappa shape index (κ3) is 6.07. The Morgan fingerprint density at radius 3 is 1.92 bits per heavy atom. The molecule has 0 atom stereocenters. The first-order chi connectivity index (χ1) is 12.2. The van der Waals surface area contributed by atoms with Gasteiger partial charge in [-0.2, -0.15) is 4.68 Å². The van der Waals surface area contributed by atoms with Crippen LogP contribution < -0.4 is 11.4 Å². The van der Waals surface area contributed by atoms with Crippen molar-refractivity contribution in [1.29, 1.82) is 0 Å². The van der Waals surface area contributed by atoms with Gasteiger partial charge in [-0.15, -0.1) is 0 Å². The smallest absolute Gasteiger partial charge is 0.256 e. The lowest BCUT2D eigenvalue weighted by molar-refractivity contribution is 0.477. The summed E-state index contributed by atoms with van der Waals surface area (Å²) in [6.45, 7) is 2.82. The predicted molar refractivity (Wildman–Crippen MR) is 102 cm³/mol. The van der Waals surface area contributed by atoms with Crippen LogP contribution in [0.2, 0.25) is 0 Å². The molecule has 0 radical (unpaired) electrons. The summed E-state index contributed by atoms with van der Waals surface area (Å²) in [4.78, 5) is 26.4. The molecule has 0 bridgehead atoms. The van der Waals surface area contributed by atoms with Gasteiger partial charge in [0.25, 0.3) is 0 Å². The highest BCUT2D eigenvalue weighted by Crippen LogP contribution is 2.11. The molecule has 1 aromatic heterocycles. The van der Waals surface area contributed by atoms with Crippen molar-refractivity contribution in [1.82, 2.24) is 14.3 Å². The fourth-order valence-corrected chi connectivity index (χ4v) is 3.19. The van der Waals surface area contributed by atoms with Crippen molar-refractivity contribution in [2.75, 3.05) is 0 Å². The largest absolute Gasteiger partial charge is 0.349 e. The third-order valence-corrected chi connectivity index (χ3v) is 4.61. The van der Waals surface area contributed by atoms with Crippen LogP contribution in [-0.2, 0) is 6.54 Å². The minimum Gasteiger partial charge on any atom is -0.256 e. The maximum Gasteiger partial charge on any atom is 0.349 e. The Morgan fingerprint density at radius 2 is 1.32 bits per heavy atom. The summed E-state index contributed by atoms with van der Waals surface area (Å²) in [5, 5.41) is 0. The SMILES string of the molecule is CCCCCCCCCCCCn1c(=O)[nH]c(=O)n1-c1ccccc1. The van der Waals surface area contributed by atoms with Crippen LogP contribution in [0.4, 0.5) is 0 Å². The van der Waals surface area contributed by atoms with Crippen molar-refractivity contribution in [3.63, 3.8) is 0 Å². The second-order valence-corrected chi connectivity index (χ2v) is 6.69. The highest BCUT2D eigenvalue weighted by atomic mass is 16.2. The van der Waals surface area contributed by atoms with E-state index in [2.05, 4.69) is 11.9 Å². The number of rotatable bonds is 12. The highest BCUT2D eigenvalue weighted by Gasteiger charge is 2.10. The molecule has 0 aliphatic carbocycles. The molecule has 5 nitrogen and oxygen atoms in total. The molecule has 138 valence electrons. The molecule has 1 N–H and O–H groups in total. The van der Waals surface area contributed by atoms with Crippen LogP contribution in [0.25, 0.3) is 5.69 Å². The topological polar surface area (TPSA) is 59.8 Å². The van der Waals surface area contributed by atoms with Crippen molar-refractivity contribution in [3.05, 3.63) is 51.3 Å². The van der Waals surface area contributed by atoms with Crippen LogP contribution in [0.1, 0.15) is 71.1 Å². The van der Waals surface area contributed by atoms with Crippen LogP contribution >= 0.6 is 0 Å². The number of hydrogen-bond acceptors (Lipinski definition) is 2. The number of unbranched alkanes of at least 4 members (excludes halogenated alkanes) is 9. The summed E-state index contributed by atoms with van der Waals surface area (Å²) >= 11 is 0. The first-order valence-electron chi connectivity index (χ1n) is 9.71. The van der Waals surface area contributed by atoms with Gasteiger partial charge in [-0.05, 0) is 18.6 Å². The van der Waals surface area contributed by atoms with Crippen molar-refractivity contribution in [2.24, 2.45) is 0 Å². The molecule has 1 heterocycles. The molecule has 0 spiro atoms. The van der Waals surface area contributed by atoms with E-state index in [0.29, 0.717) is 6.54 Å². The highest BCUT2D eigenvalue weighted by molar-refractivity contribution is 5.29. The molecular formula is C20H31N3O2. The number of nitrogens with zero attached hydrogens (tertiary/aromatic N) is 2. The zero-order valence-corrected chi connectivity index (χ0v) is 15.4. The Bertz CT molecular complexity index is 713. The van der Waals surface area contributed by atoms with Crippen molar-refractivity contribution < 1.29 is 0 Å². The van der Waals surface area contributed by atoms with Crippen LogP contribution in [0, 0.1) is 0 Å². The molecule has 0 unspecified atom stereocenters. The molecular weight excluding hydrogens is 314 g/mol. The summed E-state index contributed by atoms with van der Waals surface area (Å²) < 4.78 is 2.96. The van der Waals surface area contributed by atoms with E-state index in [4.69, 9.17) is 0 Å². The first kappa shape index (κ1) is 19.3. The average molecular weight is 345 g/mol. The maximum absolute atomic E-state index is 12.0. The molecule has 25 heavy (non-hydrogen) atoms. The van der Waals surface area contributed by atoms with Gasteiger partial charge in [-0.1, -0.05) is 82.9 Å². The third-order valence-electron chi connectivity index (χ3n) is 4.61. The molecule has 5 heteroatoms. The summed E-state index contributed by atoms with van der Waals surface area (Å²) in [5.74, 6) is 0. The molecule has 1 aromatic carbocycles. The second-order valence-electron chi connectivity index (χ2n) is 6.69. The zero-order chi connectivity index (χ0) is 17.9. The van der Waals surface area contributed by atoms with Gasteiger partial charge in [0.05, 0.1) is 5.69 Å². The zero-order valence-electron chi connectivity index (χ0n) is 15.4. The first-order valence-corrected chi connectivity index (χ1v) is 9.71. The molecule has 0 aliphatic heterocycles. The molecule has 2 rings (SSSR count). The lowest BCUT2D eigenvalue weighted by Crippen LogP contribution is -2.25. The molecule has 0 aliphatic rings. The average Bonchev–Trinajstić information content (AvgIpc) is 2.90. The van der Waals surface area contributed by atoms with E-state index in [0.717, 1.165) is 18.5 Å². The van der Waals surface area contributed by atoms with Crippen LogP contribution in [-0.4, -0.2) is 14.3 Å². The van der Waals surface area contributed by atoms with E-state index in [1.54, 1.807) is 0 Å². The number of H-pyrrole nitrogens is 1. The number of aromatic amines is 1. The van der Waals surface area contributed by atoms with E-state index in [1.165, 1.54) is 60.7 Å². The Balaban J connectivity index is 1.75. The monoisotopic (exact) mass is 345 g/mol.